The Labute approximate surface area is 106 Å². The molecule has 0 spiro atoms. The van der Waals surface area contributed by atoms with Crippen molar-refractivity contribution in [1.29, 1.82) is 0 Å². The molecular formula is C13H17NO4. The normalized spacial score (nSPS) is 12.9. The van der Waals surface area contributed by atoms with Crippen molar-refractivity contribution >= 4 is 11.7 Å². The van der Waals surface area contributed by atoms with Crippen LogP contribution < -0.4 is 0 Å². The SMILES string of the molecule is CON=C(C)C(Cc1cccc(O)c1)C(=O)OC. The summed E-state index contributed by atoms with van der Waals surface area (Å²) in [6.45, 7) is 1.70. The third kappa shape index (κ3) is 3.76. The van der Waals surface area contributed by atoms with Crippen molar-refractivity contribution in [3.8, 4) is 5.75 Å². The van der Waals surface area contributed by atoms with Crippen LogP contribution in [0.4, 0.5) is 0 Å². The lowest BCUT2D eigenvalue weighted by Gasteiger charge is -2.14. The van der Waals surface area contributed by atoms with E-state index in [9.17, 15) is 9.90 Å². The molecular weight excluding hydrogens is 234 g/mol. The Morgan fingerprint density at radius 2 is 2.17 bits per heavy atom. The minimum atomic E-state index is -0.517. The number of carbonyl (C=O) groups is 1. The van der Waals surface area contributed by atoms with Gasteiger partial charge in [0.05, 0.1) is 12.8 Å². The van der Waals surface area contributed by atoms with Crippen LogP contribution in [0.25, 0.3) is 0 Å². The van der Waals surface area contributed by atoms with Gasteiger partial charge in [-0.15, -0.1) is 0 Å². The predicted octanol–water partition coefficient (Wildman–Crippen LogP) is 1.75. The topological polar surface area (TPSA) is 68.1 Å². The third-order valence-electron chi connectivity index (χ3n) is 2.58. The highest BCUT2D eigenvalue weighted by molar-refractivity contribution is 6.00. The Morgan fingerprint density at radius 1 is 1.44 bits per heavy atom. The molecule has 0 aliphatic heterocycles. The maximum Gasteiger partial charge on any atom is 0.314 e. The Hall–Kier alpha value is -2.04. The van der Waals surface area contributed by atoms with Crippen molar-refractivity contribution in [3.63, 3.8) is 0 Å². The smallest absolute Gasteiger partial charge is 0.314 e. The molecule has 0 saturated carbocycles. The van der Waals surface area contributed by atoms with Gasteiger partial charge in [0.15, 0.2) is 0 Å². The zero-order chi connectivity index (χ0) is 13.5. The summed E-state index contributed by atoms with van der Waals surface area (Å²) < 4.78 is 4.74. The van der Waals surface area contributed by atoms with Crippen LogP contribution in [0.15, 0.2) is 29.4 Å². The molecule has 98 valence electrons. The van der Waals surface area contributed by atoms with E-state index in [4.69, 9.17) is 4.74 Å². The lowest BCUT2D eigenvalue weighted by atomic mass is 9.95. The van der Waals surface area contributed by atoms with Crippen LogP contribution in [0, 0.1) is 5.92 Å². The van der Waals surface area contributed by atoms with E-state index in [1.165, 1.54) is 14.2 Å². The first-order chi connectivity index (χ1) is 8.58. The number of benzene rings is 1. The average Bonchev–Trinajstić information content (AvgIpc) is 2.35. The van der Waals surface area contributed by atoms with Gasteiger partial charge in [-0.1, -0.05) is 17.3 Å². The standard InChI is InChI=1S/C13H17NO4/c1-9(14-18-3)12(13(16)17-2)8-10-5-4-6-11(15)7-10/h4-7,12,15H,8H2,1-3H3. The number of ether oxygens (including phenoxy) is 1. The maximum atomic E-state index is 11.7. The maximum absolute atomic E-state index is 11.7. The monoisotopic (exact) mass is 251 g/mol. The lowest BCUT2D eigenvalue weighted by molar-refractivity contribution is -0.143. The molecule has 0 amide bonds. The highest BCUT2D eigenvalue weighted by atomic mass is 16.6. The molecule has 0 aliphatic rings. The number of carbonyl (C=O) groups excluding carboxylic acids is 1. The minimum absolute atomic E-state index is 0.164. The van der Waals surface area contributed by atoms with Crippen molar-refractivity contribution in [2.75, 3.05) is 14.2 Å². The van der Waals surface area contributed by atoms with Crippen LogP contribution in [0.1, 0.15) is 12.5 Å². The summed E-state index contributed by atoms with van der Waals surface area (Å²) in [5.41, 5.74) is 1.36. The van der Waals surface area contributed by atoms with E-state index >= 15 is 0 Å². The Kier molecular flexibility index (Phi) is 5.17. The van der Waals surface area contributed by atoms with E-state index in [0.717, 1.165) is 5.56 Å². The van der Waals surface area contributed by atoms with E-state index in [1.54, 1.807) is 25.1 Å². The van der Waals surface area contributed by atoms with Crippen LogP contribution in [0.5, 0.6) is 5.75 Å². The molecule has 5 nitrogen and oxygen atoms in total. The van der Waals surface area contributed by atoms with E-state index < -0.39 is 5.92 Å². The van der Waals surface area contributed by atoms with E-state index in [-0.39, 0.29) is 11.7 Å². The lowest BCUT2D eigenvalue weighted by Crippen LogP contribution is -2.25. The average molecular weight is 251 g/mol. The summed E-state index contributed by atoms with van der Waals surface area (Å²) in [6.07, 6.45) is 0.403. The first-order valence-corrected chi connectivity index (χ1v) is 5.52. The fraction of sp³-hybridized carbons (Fsp3) is 0.385. The highest BCUT2D eigenvalue weighted by Gasteiger charge is 2.23. The zero-order valence-electron chi connectivity index (χ0n) is 10.7. The molecule has 5 heteroatoms. The van der Waals surface area contributed by atoms with Crippen molar-refractivity contribution < 1.29 is 19.5 Å². The van der Waals surface area contributed by atoms with E-state index in [1.807, 2.05) is 6.07 Å². The summed E-state index contributed by atoms with van der Waals surface area (Å²) >= 11 is 0. The molecule has 1 aromatic rings. The number of nitrogens with zero attached hydrogens (tertiary/aromatic N) is 1. The molecule has 0 fully saturated rings. The molecule has 1 N–H and O–H groups in total. The number of rotatable bonds is 5. The minimum Gasteiger partial charge on any atom is -0.508 e. The van der Waals surface area contributed by atoms with Crippen LogP contribution >= 0.6 is 0 Å². The van der Waals surface area contributed by atoms with Gasteiger partial charge in [0.2, 0.25) is 0 Å². The van der Waals surface area contributed by atoms with E-state index in [2.05, 4.69) is 9.99 Å². The van der Waals surface area contributed by atoms with Crippen LogP contribution in [0.2, 0.25) is 0 Å². The molecule has 1 rings (SSSR count). The number of esters is 1. The summed E-state index contributed by atoms with van der Waals surface area (Å²) in [6, 6.07) is 6.74. The van der Waals surface area contributed by atoms with Crippen LogP contribution in [-0.2, 0) is 20.8 Å². The summed E-state index contributed by atoms with van der Waals surface area (Å²) in [5, 5.41) is 13.2. The molecule has 1 atom stereocenters. The van der Waals surface area contributed by atoms with Crippen molar-refractivity contribution in [2.24, 2.45) is 11.1 Å². The summed E-state index contributed by atoms with van der Waals surface area (Å²) in [5.74, 6) is -0.731. The van der Waals surface area contributed by atoms with Gasteiger partial charge in [-0.2, -0.15) is 0 Å². The second-order valence-corrected chi connectivity index (χ2v) is 3.87. The number of hydrogen-bond acceptors (Lipinski definition) is 5. The number of phenols is 1. The molecule has 1 unspecified atom stereocenters. The van der Waals surface area contributed by atoms with Gasteiger partial charge in [0, 0.05) is 0 Å². The predicted molar refractivity (Wildman–Crippen MR) is 67.4 cm³/mol. The molecule has 0 bridgehead atoms. The Bertz CT molecular complexity index is 442. The fourth-order valence-corrected chi connectivity index (χ4v) is 1.67. The van der Waals surface area contributed by atoms with Gasteiger partial charge in [0.1, 0.15) is 18.8 Å². The number of phenolic OH excluding ortho intramolecular Hbond substituents is 1. The first kappa shape index (κ1) is 14.0. The number of aromatic hydroxyl groups is 1. The summed E-state index contributed by atoms with van der Waals surface area (Å²) in [4.78, 5) is 16.4. The van der Waals surface area contributed by atoms with Gasteiger partial charge in [-0.3, -0.25) is 4.79 Å². The molecule has 0 aliphatic carbocycles. The quantitative estimate of drug-likeness (QED) is 0.492. The first-order valence-electron chi connectivity index (χ1n) is 5.52. The van der Waals surface area contributed by atoms with Gasteiger partial charge in [-0.05, 0) is 31.0 Å². The van der Waals surface area contributed by atoms with Gasteiger partial charge < -0.3 is 14.7 Å². The van der Waals surface area contributed by atoms with Crippen LogP contribution in [-0.4, -0.2) is 31.0 Å². The number of methoxy groups -OCH3 is 1. The van der Waals surface area contributed by atoms with Gasteiger partial charge in [-0.25, -0.2) is 0 Å². The molecule has 0 radical (unpaired) electrons. The van der Waals surface area contributed by atoms with Crippen molar-refractivity contribution in [1.82, 2.24) is 0 Å². The molecule has 0 saturated heterocycles. The fourth-order valence-electron chi connectivity index (χ4n) is 1.67. The van der Waals surface area contributed by atoms with Gasteiger partial charge >= 0.3 is 5.97 Å². The number of oxime groups is 1. The Morgan fingerprint density at radius 3 is 2.72 bits per heavy atom. The van der Waals surface area contributed by atoms with E-state index in [0.29, 0.717) is 12.1 Å². The van der Waals surface area contributed by atoms with Crippen LogP contribution in [0.3, 0.4) is 0 Å². The molecule has 0 aromatic heterocycles. The zero-order valence-corrected chi connectivity index (χ0v) is 10.7. The second kappa shape index (κ2) is 6.64. The third-order valence-corrected chi connectivity index (χ3v) is 2.58. The molecule has 18 heavy (non-hydrogen) atoms. The largest absolute Gasteiger partial charge is 0.508 e. The Balaban J connectivity index is 2.92. The van der Waals surface area contributed by atoms with Gasteiger partial charge in [0.25, 0.3) is 0 Å². The summed E-state index contributed by atoms with van der Waals surface area (Å²) in [7, 11) is 2.75. The molecule has 0 heterocycles. The number of hydrogen-bond donors (Lipinski definition) is 1. The molecule has 1 aromatic carbocycles. The highest BCUT2D eigenvalue weighted by Crippen LogP contribution is 2.17. The van der Waals surface area contributed by atoms with Crippen molar-refractivity contribution in [2.45, 2.75) is 13.3 Å². The van der Waals surface area contributed by atoms with Crippen molar-refractivity contribution in [3.05, 3.63) is 29.8 Å². The second-order valence-electron chi connectivity index (χ2n) is 3.87.